The van der Waals surface area contributed by atoms with Crippen molar-refractivity contribution in [3.8, 4) is 17.2 Å². The van der Waals surface area contributed by atoms with Crippen molar-refractivity contribution in [2.75, 3.05) is 6.54 Å². The number of hydrogen-bond donors (Lipinski definition) is 2. The number of alkyl halides is 3. The molecule has 2 aromatic rings. The van der Waals surface area contributed by atoms with Gasteiger partial charge in [0.15, 0.2) is 0 Å². The Kier molecular flexibility index (Phi) is 5.21. The van der Waals surface area contributed by atoms with Crippen LogP contribution in [0.1, 0.15) is 18.4 Å². The summed E-state index contributed by atoms with van der Waals surface area (Å²) in [5.74, 6) is -0.403. The molecule has 5 nitrogen and oxygen atoms in total. The average molecular weight is 402 g/mol. The first-order valence-corrected chi connectivity index (χ1v) is 8.39. The zero-order chi connectivity index (χ0) is 19.7. The number of carboxylic acid groups (broad SMARTS) is 1. The summed E-state index contributed by atoms with van der Waals surface area (Å²) in [4.78, 5) is 11.5. The summed E-state index contributed by atoms with van der Waals surface area (Å²) in [5.41, 5.74) is -2.33. The molecule has 0 spiro atoms. The molecule has 27 heavy (non-hydrogen) atoms. The standard InChI is InChI=1S/C18H15ClF3NO4/c19-14-10-11(18(20,21)22)2-7-15(14)26-12-3-5-13(6-4-12)27-17(16(24)25)8-1-9-23-17/h2-7,10,23H,1,8-9H2,(H,24,25)/t17-/m1/s1. The van der Waals surface area contributed by atoms with Crippen LogP contribution in [-0.4, -0.2) is 23.3 Å². The Hall–Kier alpha value is -2.45. The number of halogens is 4. The monoisotopic (exact) mass is 401 g/mol. The molecule has 0 unspecified atom stereocenters. The van der Waals surface area contributed by atoms with Crippen molar-refractivity contribution in [2.45, 2.75) is 24.7 Å². The van der Waals surface area contributed by atoms with Crippen molar-refractivity contribution in [2.24, 2.45) is 0 Å². The summed E-state index contributed by atoms with van der Waals surface area (Å²) in [7, 11) is 0. The van der Waals surface area contributed by atoms with Crippen LogP contribution < -0.4 is 14.8 Å². The van der Waals surface area contributed by atoms with Crippen LogP contribution in [0.5, 0.6) is 17.2 Å². The number of benzene rings is 2. The Morgan fingerprint density at radius 1 is 1.15 bits per heavy atom. The van der Waals surface area contributed by atoms with Gasteiger partial charge in [-0.2, -0.15) is 13.2 Å². The molecule has 9 heteroatoms. The zero-order valence-corrected chi connectivity index (χ0v) is 14.6. The highest BCUT2D eigenvalue weighted by atomic mass is 35.5. The third-order valence-electron chi connectivity index (χ3n) is 4.06. The Bertz CT molecular complexity index is 833. The molecule has 144 valence electrons. The zero-order valence-electron chi connectivity index (χ0n) is 13.8. The van der Waals surface area contributed by atoms with Gasteiger partial charge in [0, 0.05) is 6.42 Å². The number of nitrogens with one attached hydrogen (secondary N) is 1. The van der Waals surface area contributed by atoms with Crippen LogP contribution >= 0.6 is 11.6 Å². The number of hydrogen-bond acceptors (Lipinski definition) is 4. The molecule has 1 saturated heterocycles. The van der Waals surface area contributed by atoms with E-state index in [-0.39, 0.29) is 10.8 Å². The van der Waals surface area contributed by atoms with Crippen molar-refractivity contribution >= 4 is 17.6 Å². The molecule has 0 radical (unpaired) electrons. The van der Waals surface area contributed by atoms with Crippen LogP contribution in [0.2, 0.25) is 5.02 Å². The normalized spacial score (nSPS) is 19.7. The maximum Gasteiger partial charge on any atom is 0.416 e. The van der Waals surface area contributed by atoms with Crippen LogP contribution in [0.15, 0.2) is 42.5 Å². The molecule has 3 rings (SSSR count). The van der Waals surface area contributed by atoms with Crippen LogP contribution in [0, 0.1) is 0 Å². The van der Waals surface area contributed by atoms with E-state index in [1.54, 1.807) is 0 Å². The first-order chi connectivity index (χ1) is 12.7. The van der Waals surface area contributed by atoms with Gasteiger partial charge < -0.3 is 14.6 Å². The molecule has 2 aromatic carbocycles. The van der Waals surface area contributed by atoms with E-state index in [0.29, 0.717) is 30.9 Å². The predicted molar refractivity (Wildman–Crippen MR) is 91.2 cm³/mol. The fourth-order valence-electron chi connectivity index (χ4n) is 2.69. The van der Waals surface area contributed by atoms with E-state index in [1.807, 2.05) is 0 Å². The molecule has 1 aliphatic rings. The van der Waals surface area contributed by atoms with E-state index in [0.717, 1.165) is 18.2 Å². The van der Waals surface area contributed by atoms with Gasteiger partial charge in [-0.15, -0.1) is 0 Å². The minimum atomic E-state index is -4.49. The highest BCUT2D eigenvalue weighted by Crippen LogP contribution is 2.36. The van der Waals surface area contributed by atoms with E-state index in [2.05, 4.69) is 5.32 Å². The molecule has 0 aromatic heterocycles. The Morgan fingerprint density at radius 2 is 1.81 bits per heavy atom. The largest absolute Gasteiger partial charge is 0.477 e. The third kappa shape index (κ3) is 4.28. The summed E-state index contributed by atoms with van der Waals surface area (Å²) >= 11 is 5.86. The maximum absolute atomic E-state index is 12.7. The van der Waals surface area contributed by atoms with Gasteiger partial charge in [-0.25, -0.2) is 4.79 Å². The second-order valence-corrected chi connectivity index (χ2v) is 6.39. The summed E-state index contributed by atoms with van der Waals surface area (Å²) in [6.07, 6.45) is -3.48. The second kappa shape index (κ2) is 7.28. The number of rotatable bonds is 5. The number of carbonyl (C=O) groups is 1. The smallest absolute Gasteiger partial charge is 0.416 e. The number of carboxylic acids is 1. The van der Waals surface area contributed by atoms with Crippen LogP contribution in [0.4, 0.5) is 13.2 Å². The molecule has 0 aliphatic carbocycles. The summed E-state index contributed by atoms with van der Waals surface area (Å²) in [6.45, 7) is 0.542. The molecule has 1 heterocycles. The van der Waals surface area contributed by atoms with E-state index >= 15 is 0 Å². The first kappa shape index (κ1) is 19.3. The van der Waals surface area contributed by atoms with E-state index in [9.17, 15) is 23.1 Å². The van der Waals surface area contributed by atoms with Gasteiger partial charge in [0.2, 0.25) is 0 Å². The van der Waals surface area contributed by atoms with Gasteiger partial charge >= 0.3 is 12.1 Å². The van der Waals surface area contributed by atoms with Gasteiger partial charge in [0.05, 0.1) is 10.6 Å². The molecule has 0 bridgehead atoms. The molecule has 1 atom stereocenters. The van der Waals surface area contributed by atoms with Gasteiger partial charge in [-0.1, -0.05) is 11.6 Å². The maximum atomic E-state index is 12.7. The molecule has 0 saturated carbocycles. The minimum Gasteiger partial charge on any atom is -0.477 e. The van der Waals surface area contributed by atoms with E-state index in [1.165, 1.54) is 24.3 Å². The lowest BCUT2D eigenvalue weighted by Gasteiger charge is -2.25. The summed E-state index contributed by atoms with van der Waals surface area (Å²) < 4.78 is 49.1. The molecule has 1 aliphatic heterocycles. The number of ether oxygens (including phenoxy) is 2. The predicted octanol–water partition coefficient (Wildman–Crippen LogP) is 4.69. The van der Waals surface area contributed by atoms with Gasteiger partial charge in [-0.3, -0.25) is 5.32 Å². The minimum absolute atomic E-state index is 0.0674. The SMILES string of the molecule is O=C(O)[C@]1(Oc2ccc(Oc3ccc(C(F)(F)F)cc3Cl)cc2)CCCN1. The Labute approximate surface area is 157 Å². The van der Waals surface area contributed by atoms with Crippen molar-refractivity contribution in [3.63, 3.8) is 0 Å². The lowest BCUT2D eigenvalue weighted by atomic mass is 10.1. The Morgan fingerprint density at radius 3 is 2.33 bits per heavy atom. The van der Waals surface area contributed by atoms with Crippen LogP contribution in [0.25, 0.3) is 0 Å². The highest BCUT2D eigenvalue weighted by Gasteiger charge is 2.43. The summed E-state index contributed by atoms with van der Waals surface area (Å²) in [6, 6.07) is 8.84. The molecular formula is C18H15ClF3NO4. The molecule has 1 fully saturated rings. The van der Waals surface area contributed by atoms with Crippen LogP contribution in [-0.2, 0) is 11.0 Å². The number of aliphatic carboxylic acids is 1. The lowest BCUT2D eigenvalue weighted by Crippen LogP contribution is -2.52. The third-order valence-corrected chi connectivity index (χ3v) is 4.36. The molecular weight excluding hydrogens is 387 g/mol. The molecule has 2 N–H and O–H groups in total. The van der Waals surface area contributed by atoms with E-state index < -0.39 is 23.4 Å². The van der Waals surface area contributed by atoms with Crippen LogP contribution in [0.3, 0.4) is 0 Å². The highest BCUT2D eigenvalue weighted by molar-refractivity contribution is 6.32. The Balaban J connectivity index is 1.72. The summed E-state index contributed by atoms with van der Waals surface area (Å²) in [5, 5.41) is 12.0. The van der Waals surface area contributed by atoms with Gasteiger partial charge in [0.1, 0.15) is 17.2 Å². The van der Waals surface area contributed by atoms with Crippen molar-refractivity contribution in [1.29, 1.82) is 0 Å². The van der Waals surface area contributed by atoms with Crippen molar-refractivity contribution in [1.82, 2.24) is 5.32 Å². The quantitative estimate of drug-likeness (QED) is 0.760. The lowest BCUT2D eigenvalue weighted by molar-refractivity contribution is -0.157. The average Bonchev–Trinajstić information content (AvgIpc) is 3.07. The fourth-order valence-corrected chi connectivity index (χ4v) is 2.91. The van der Waals surface area contributed by atoms with Gasteiger partial charge in [-0.05, 0) is 55.4 Å². The molecule has 0 amide bonds. The second-order valence-electron chi connectivity index (χ2n) is 5.98. The first-order valence-electron chi connectivity index (χ1n) is 8.02. The van der Waals surface area contributed by atoms with Crippen molar-refractivity contribution in [3.05, 3.63) is 53.1 Å². The van der Waals surface area contributed by atoms with E-state index in [4.69, 9.17) is 21.1 Å². The fraction of sp³-hybridized carbons (Fsp3) is 0.278. The van der Waals surface area contributed by atoms with Crippen molar-refractivity contribution < 1.29 is 32.5 Å². The topological polar surface area (TPSA) is 67.8 Å². The van der Waals surface area contributed by atoms with Gasteiger partial charge in [0.25, 0.3) is 5.72 Å².